The smallest absolute Gasteiger partial charge is 0.338 e. The van der Waals surface area contributed by atoms with Crippen molar-refractivity contribution in [3.63, 3.8) is 0 Å². The van der Waals surface area contributed by atoms with Crippen LogP contribution in [0.4, 0.5) is 0 Å². The third-order valence-corrected chi connectivity index (χ3v) is 5.22. The van der Waals surface area contributed by atoms with E-state index in [2.05, 4.69) is 34.7 Å². The van der Waals surface area contributed by atoms with Crippen LogP contribution in [0.3, 0.4) is 0 Å². The molecule has 0 saturated carbocycles. The predicted molar refractivity (Wildman–Crippen MR) is 102 cm³/mol. The van der Waals surface area contributed by atoms with Gasteiger partial charge in [-0.05, 0) is 37.8 Å². The molecule has 25 heavy (non-hydrogen) atoms. The molecule has 0 radical (unpaired) electrons. The quantitative estimate of drug-likeness (QED) is 0.473. The van der Waals surface area contributed by atoms with E-state index in [0.717, 1.165) is 64.0 Å². The highest BCUT2D eigenvalue weighted by atomic mass is 32.1. The number of amides is 1. The summed E-state index contributed by atoms with van der Waals surface area (Å²) in [6.07, 6.45) is 5.95. The fourth-order valence-corrected chi connectivity index (χ4v) is 3.67. The summed E-state index contributed by atoms with van der Waals surface area (Å²) in [6, 6.07) is 0. The monoisotopic (exact) mass is 367 g/mol. The highest BCUT2D eigenvalue weighted by molar-refractivity contribution is 7.84. The second-order valence-electron chi connectivity index (χ2n) is 6.58. The molecule has 0 bridgehead atoms. The lowest BCUT2D eigenvalue weighted by Crippen LogP contribution is -2.46. The largest absolute Gasteiger partial charge is 0.478 e. The van der Waals surface area contributed by atoms with Gasteiger partial charge in [0.2, 0.25) is 5.91 Å². The summed E-state index contributed by atoms with van der Waals surface area (Å²) in [4.78, 5) is 28.4. The first-order valence-corrected chi connectivity index (χ1v) is 9.56. The molecule has 2 aliphatic rings. The molecule has 1 aliphatic carbocycles. The topological polar surface area (TPSA) is 72.9 Å². The van der Waals surface area contributed by atoms with Gasteiger partial charge in [-0.3, -0.25) is 4.79 Å². The summed E-state index contributed by atoms with van der Waals surface area (Å²) in [6.45, 7) is 7.92. The molecule has 1 heterocycles. The molecule has 0 aromatic rings. The normalized spacial score (nSPS) is 20.6. The SMILES string of the molecule is CCN1CCN(CCC(=O)N/C(S)=C(\C(=O)O)C2=CCCCC2)CC1. The van der Waals surface area contributed by atoms with Crippen LogP contribution in [0.5, 0.6) is 0 Å². The summed E-state index contributed by atoms with van der Waals surface area (Å²) in [5.41, 5.74) is 0.910. The van der Waals surface area contributed by atoms with Crippen LogP contribution in [0.1, 0.15) is 39.0 Å². The van der Waals surface area contributed by atoms with Crippen LogP contribution in [-0.2, 0) is 9.59 Å². The molecule has 140 valence electrons. The van der Waals surface area contributed by atoms with Crippen molar-refractivity contribution >= 4 is 24.5 Å². The van der Waals surface area contributed by atoms with Crippen molar-refractivity contribution in [3.8, 4) is 0 Å². The Labute approximate surface area is 155 Å². The molecule has 0 atom stereocenters. The van der Waals surface area contributed by atoms with Gasteiger partial charge in [0.15, 0.2) is 0 Å². The minimum absolute atomic E-state index is 0.132. The number of thiol groups is 1. The molecule has 7 heteroatoms. The Morgan fingerprint density at radius 1 is 1.20 bits per heavy atom. The number of carboxylic acid groups (broad SMARTS) is 1. The van der Waals surface area contributed by atoms with Gasteiger partial charge in [0, 0.05) is 39.1 Å². The summed E-state index contributed by atoms with van der Waals surface area (Å²) in [5, 5.41) is 12.3. The lowest BCUT2D eigenvalue weighted by atomic mass is 9.94. The van der Waals surface area contributed by atoms with Crippen molar-refractivity contribution < 1.29 is 14.7 Å². The first-order chi connectivity index (χ1) is 12.0. The third kappa shape index (κ3) is 6.17. The molecule has 2 N–H and O–H groups in total. The van der Waals surface area contributed by atoms with Gasteiger partial charge in [-0.1, -0.05) is 13.0 Å². The highest BCUT2D eigenvalue weighted by Gasteiger charge is 2.21. The zero-order valence-electron chi connectivity index (χ0n) is 15.0. The Kier molecular flexibility index (Phi) is 7.99. The summed E-state index contributed by atoms with van der Waals surface area (Å²) >= 11 is 4.26. The molecule has 1 saturated heterocycles. The number of allylic oxidation sites excluding steroid dienone is 1. The predicted octanol–water partition coefficient (Wildman–Crippen LogP) is 1.86. The van der Waals surface area contributed by atoms with Gasteiger partial charge < -0.3 is 20.2 Å². The average molecular weight is 368 g/mol. The number of hydrogen-bond donors (Lipinski definition) is 3. The number of piperazine rings is 1. The molecule has 2 rings (SSSR count). The van der Waals surface area contributed by atoms with E-state index in [1.54, 1.807) is 0 Å². The first-order valence-electron chi connectivity index (χ1n) is 9.11. The van der Waals surface area contributed by atoms with Crippen LogP contribution >= 0.6 is 12.6 Å². The lowest BCUT2D eigenvalue weighted by Gasteiger charge is -2.33. The number of carboxylic acids is 1. The van der Waals surface area contributed by atoms with Crippen LogP contribution in [0.15, 0.2) is 22.3 Å². The van der Waals surface area contributed by atoms with E-state index in [4.69, 9.17) is 0 Å². The molecule has 0 aromatic carbocycles. The van der Waals surface area contributed by atoms with Crippen LogP contribution in [-0.4, -0.2) is 66.1 Å². The van der Waals surface area contributed by atoms with Crippen molar-refractivity contribution in [2.45, 2.75) is 39.0 Å². The second kappa shape index (κ2) is 9.99. The minimum atomic E-state index is -1.03. The van der Waals surface area contributed by atoms with Crippen molar-refractivity contribution in [3.05, 3.63) is 22.3 Å². The maximum Gasteiger partial charge on any atom is 0.338 e. The fourth-order valence-electron chi connectivity index (χ4n) is 3.30. The second-order valence-corrected chi connectivity index (χ2v) is 7.03. The molecule has 6 nitrogen and oxygen atoms in total. The maximum absolute atomic E-state index is 12.2. The Hall–Kier alpha value is -1.31. The molecular weight excluding hydrogens is 338 g/mol. The Morgan fingerprint density at radius 2 is 1.88 bits per heavy atom. The number of rotatable bonds is 7. The summed E-state index contributed by atoms with van der Waals surface area (Å²) in [5.74, 6) is -1.22. The highest BCUT2D eigenvalue weighted by Crippen LogP contribution is 2.26. The van der Waals surface area contributed by atoms with Gasteiger partial charge in [-0.15, -0.1) is 12.6 Å². The van der Waals surface area contributed by atoms with Gasteiger partial charge in [-0.2, -0.15) is 0 Å². The lowest BCUT2D eigenvalue weighted by molar-refractivity contribution is -0.132. The molecule has 1 amide bonds. The molecule has 0 spiro atoms. The summed E-state index contributed by atoms with van der Waals surface area (Å²) in [7, 11) is 0. The van der Waals surface area contributed by atoms with E-state index < -0.39 is 5.97 Å². The number of nitrogens with one attached hydrogen (secondary N) is 1. The maximum atomic E-state index is 12.2. The van der Waals surface area contributed by atoms with E-state index in [-0.39, 0.29) is 16.5 Å². The zero-order chi connectivity index (χ0) is 18.2. The van der Waals surface area contributed by atoms with Crippen molar-refractivity contribution in [1.82, 2.24) is 15.1 Å². The van der Waals surface area contributed by atoms with E-state index in [0.29, 0.717) is 13.0 Å². The Bertz CT molecular complexity index is 552. The van der Waals surface area contributed by atoms with Gasteiger partial charge in [0.25, 0.3) is 0 Å². The number of aliphatic carboxylic acids is 1. The van der Waals surface area contributed by atoms with E-state index in [1.807, 2.05) is 6.08 Å². The molecule has 1 aliphatic heterocycles. The van der Waals surface area contributed by atoms with E-state index in [1.165, 1.54) is 0 Å². The van der Waals surface area contributed by atoms with Crippen molar-refractivity contribution in [2.75, 3.05) is 39.3 Å². The minimum Gasteiger partial charge on any atom is -0.478 e. The van der Waals surface area contributed by atoms with E-state index >= 15 is 0 Å². The molecule has 0 unspecified atom stereocenters. The zero-order valence-corrected chi connectivity index (χ0v) is 15.9. The Morgan fingerprint density at radius 3 is 2.44 bits per heavy atom. The van der Waals surface area contributed by atoms with Gasteiger partial charge in [0.05, 0.1) is 10.6 Å². The van der Waals surface area contributed by atoms with Crippen LogP contribution in [0.2, 0.25) is 0 Å². The number of likely N-dealkylation sites (N-methyl/N-ethyl adjacent to an activating group) is 1. The van der Waals surface area contributed by atoms with Gasteiger partial charge >= 0.3 is 5.97 Å². The van der Waals surface area contributed by atoms with Crippen LogP contribution < -0.4 is 5.32 Å². The average Bonchev–Trinajstić information content (AvgIpc) is 2.61. The van der Waals surface area contributed by atoms with E-state index in [9.17, 15) is 14.7 Å². The Balaban J connectivity index is 1.87. The molecular formula is C18H29N3O3S. The fraction of sp³-hybridized carbons (Fsp3) is 0.667. The van der Waals surface area contributed by atoms with Crippen molar-refractivity contribution in [2.24, 2.45) is 0 Å². The molecule has 0 aromatic heterocycles. The first kappa shape index (κ1) is 20.0. The number of hydrogen-bond acceptors (Lipinski definition) is 5. The van der Waals surface area contributed by atoms with Gasteiger partial charge in [0.1, 0.15) is 0 Å². The third-order valence-electron chi connectivity index (χ3n) is 4.89. The number of carbonyl (C=O) groups excluding carboxylic acids is 1. The van der Waals surface area contributed by atoms with Gasteiger partial charge in [-0.25, -0.2) is 4.79 Å². The summed E-state index contributed by atoms with van der Waals surface area (Å²) < 4.78 is 0. The van der Waals surface area contributed by atoms with Crippen LogP contribution in [0.25, 0.3) is 0 Å². The van der Waals surface area contributed by atoms with Crippen molar-refractivity contribution in [1.29, 1.82) is 0 Å². The number of nitrogens with zero attached hydrogens (tertiary/aromatic N) is 2. The number of carbonyl (C=O) groups is 2. The van der Waals surface area contributed by atoms with Crippen LogP contribution in [0, 0.1) is 0 Å². The standard InChI is InChI=1S/C18H29N3O3S/c1-2-20-10-12-21(13-11-20)9-8-15(22)19-17(25)16(18(23)24)14-6-4-3-5-7-14/h6,25H,2-5,7-13H2,1H3,(H,19,22)(H,23,24)/b17-16+. The molecule has 1 fully saturated rings.